The van der Waals surface area contributed by atoms with Crippen LogP contribution in [0, 0.1) is 5.92 Å². The number of allylic oxidation sites excluding steroid dienone is 4. The molecule has 0 heterocycles. The Balaban J connectivity index is 2.16. The minimum Gasteiger partial charge on any atom is -0.0811 e. The van der Waals surface area contributed by atoms with Gasteiger partial charge < -0.3 is 0 Å². The van der Waals surface area contributed by atoms with Gasteiger partial charge in [-0.3, -0.25) is 0 Å². The molecule has 0 saturated carbocycles. The molecule has 15 heavy (non-hydrogen) atoms. The average molecular weight is 198 g/mol. The van der Waals surface area contributed by atoms with Crippen LogP contribution in [0.4, 0.5) is 0 Å². The van der Waals surface area contributed by atoms with E-state index in [0.717, 1.165) is 0 Å². The molecule has 0 amide bonds. The molecule has 0 heteroatoms. The lowest BCUT2D eigenvalue weighted by atomic mass is 9.87. The summed E-state index contributed by atoms with van der Waals surface area (Å²) in [4.78, 5) is 0. The fourth-order valence-electron chi connectivity index (χ4n) is 2.00. The highest BCUT2D eigenvalue weighted by molar-refractivity contribution is 5.35. The van der Waals surface area contributed by atoms with Crippen molar-refractivity contribution in [3.63, 3.8) is 0 Å². The van der Waals surface area contributed by atoms with Crippen molar-refractivity contribution in [2.45, 2.75) is 26.2 Å². The Bertz CT molecular complexity index is 370. The lowest BCUT2D eigenvalue weighted by Crippen LogP contribution is -2.01. The molecular weight excluding hydrogens is 180 g/mol. The molecule has 78 valence electrons. The molecule has 1 aromatic rings. The molecule has 0 aromatic heterocycles. The number of hydrogen-bond acceptors (Lipinski definition) is 0. The van der Waals surface area contributed by atoms with Crippen LogP contribution < -0.4 is 0 Å². The zero-order valence-corrected chi connectivity index (χ0v) is 9.48. The van der Waals surface area contributed by atoms with Crippen molar-refractivity contribution >= 4 is 0 Å². The molecule has 1 aliphatic carbocycles. The summed E-state index contributed by atoms with van der Waals surface area (Å²) in [5.74, 6) is 1.23. The molecular formula is C15H18. The summed E-state index contributed by atoms with van der Waals surface area (Å²) in [6.07, 6.45) is 8.16. The first kappa shape index (κ1) is 10.2. The third-order valence-corrected chi connectivity index (χ3v) is 3.14. The third kappa shape index (κ3) is 2.38. The van der Waals surface area contributed by atoms with Gasteiger partial charge in [0.05, 0.1) is 0 Å². The van der Waals surface area contributed by atoms with E-state index in [1.54, 1.807) is 0 Å². The van der Waals surface area contributed by atoms with E-state index in [0.29, 0.717) is 11.8 Å². The van der Waals surface area contributed by atoms with Crippen molar-refractivity contribution in [3.05, 3.63) is 59.7 Å². The molecule has 2 unspecified atom stereocenters. The van der Waals surface area contributed by atoms with Crippen LogP contribution >= 0.6 is 0 Å². The average Bonchev–Trinajstić information content (AvgIpc) is 2.30. The Kier molecular flexibility index (Phi) is 3.05. The maximum absolute atomic E-state index is 2.38. The molecule has 2 atom stereocenters. The van der Waals surface area contributed by atoms with Gasteiger partial charge in [0.25, 0.3) is 0 Å². The Morgan fingerprint density at radius 3 is 2.53 bits per heavy atom. The molecule has 2 rings (SSSR count). The van der Waals surface area contributed by atoms with Crippen LogP contribution in [0.5, 0.6) is 0 Å². The zero-order valence-electron chi connectivity index (χ0n) is 9.48. The Hall–Kier alpha value is -1.30. The lowest BCUT2D eigenvalue weighted by molar-refractivity contribution is 0.718. The quantitative estimate of drug-likeness (QED) is 0.664. The number of hydrogen-bond donors (Lipinski definition) is 0. The standard InChI is InChI=1S/C15H18/c1-12-8-10-15(11-9-12)13(2)14-6-4-3-5-7-14/h3-8,10-13H,9H2,1-2H3. The topological polar surface area (TPSA) is 0 Å². The molecule has 1 aliphatic rings. The van der Waals surface area contributed by atoms with Crippen LogP contribution in [-0.2, 0) is 0 Å². The summed E-state index contributed by atoms with van der Waals surface area (Å²) in [5, 5.41) is 0. The first-order valence-electron chi connectivity index (χ1n) is 5.70. The summed E-state index contributed by atoms with van der Waals surface area (Å²) >= 11 is 0. The minimum atomic E-state index is 0.523. The Morgan fingerprint density at radius 2 is 1.93 bits per heavy atom. The Labute approximate surface area is 92.3 Å². The van der Waals surface area contributed by atoms with Gasteiger partial charge in [-0.05, 0) is 23.5 Å². The van der Waals surface area contributed by atoms with Crippen molar-refractivity contribution < 1.29 is 0 Å². The smallest absolute Gasteiger partial charge is 0.00577 e. The highest BCUT2D eigenvalue weighted by Crippen LogP contribution is 2.28. The summed E-state index contributed by atoms with van der Waals surface area (Å²) in [6, 6.07) is 10.7. The van der Waals surface area contributed by atoms with Crippen LogP contribution in [0.15, 0.2) is 54.1 Å². The second kappa shape index (κ2) is 4.48. The predicted molar refractivity (Wildman–Crippen MR) is 65.9 cm³/mol. The van der Waals surface area contributed by atoms with Gasteiger partial charge in [-0.2, -0.15) is 0 Å². The summed E-state index contributed by atoms with van der Waals surface area (Å²) < 4.78 is 0. The van der Waals surface area contributed by atoms with E-state index in [4.69, 9.17) is 0 Å². The van der Waals surface area contributed by atoms with E-state index in [-0.39, 0.29) is 0 Å². The van der Waals surface area contributed by atoms with Gasteiger partial charge in [-0.25, -0.2) is 0 Å². The van der Waals surface area contributed by atoms with Crippen molar-refractivity contribution in [3.8, 4) is 0 Å². The first-order chi connectivity index (χ1) is 7.27. The van der Waals surface area contributed by atoms with Gasteiger partial charge >= 0.3 is 0 Å². The van der Waals surface area contributed by atoms with Gasteiger partial charge in [0.1, 0.15) is 0 Å². The third-order valence-electron chi connectivity index (χ3n) is 3.14. The van der Waals surface area contributed by atoms with E-state index < -0.39 is 0 Å². The molecule has 0 N–H and O–H groups in total. The molecule has 1 aromatic carbocycles. The maximum Gasteiger partial charge on any atom is 0.00577 e. The molecule has 0 aliphatic heterocycles. The lowest BCUT2D eigenvalue weighted by Gasteiger charge is -2.18. The molecule has 0 nitrogen and oxygen atoms in total. The largest absolute Gasteiger partial charge is 0.0811 e. The monoisotopic (exact) mass is 198 g/mol. The van der Waals surface area contributed by atoms with E-state index in [1.165, 1.54) is 17.6 Å². The maximum atomic E-state index is 2.38. The molecule has 0 saturated heterocycles. The number of rotatable bonds is 2. The SMILES string of the molecule is CC1C=CC(C(C)c2ccccc2)=CC1. The zero-order chi connectivity index (χ0) is 10.7. The van der Waals surface area contributed by atoms with E-state index in [9.17, 15) is 0 Å². The summed E-state index contributed by atoms with van der Waals surface area (Å²) in [7, 11) is 0. The normalized spacial score (nSPS) is 22.3. The van der Waals surface area contributed by atoms with Crippen molar-refractivity contribution in [1.82, 2.24) is 0 Å². The summed E-state index contributed by atoms with van der Waals surface area (Å²) in [5.41, 5.74) is 2.86. The summed E-state index contributed by atoms with van der Waals surface area (Å²) in [6.45, 7) is 4.54. The van der Waals surface area contributed by atoms with Crippen molar-refractivity contribution in [2.75, 3.05) is 0 Å². The van der Waals surface area contributed by atoms with Crippen molar-refractivity contribution in [2.24, 2.45) is 5.92 Å². The van der Waals surface area contributed by atoms with Crippen molar-refractivity contribution in [1.29, 1.82) is 0 Å². The fraction of sp³-hybridized carbons (Fsp3) is 0.333. The van der Waals surface area contributed by atoms with Gasteiger partial charge in [-0.15, -0.1) is 0 Å². The van der Waals surface area contributed by atoms with Crippen LogP contribution in [0.1, 0.15) is 31.7 Å². The molecule has 0 spiro atoms. The van der Waals surface area contributed by atoms with Crippen LogP contribution in [0.25, 0.3) is 0 Å². The predicted octanol–water partition coefficient (Wildman–Crippen LogP) is 4.31. The highest BCUT2D eigenvalue weighted by atomic mass is 14.2. The van der Waals surface area contributed by atoms with Gasteiger partial charge in [-0.1, -0.05) is 62.4 Å². The number of benzene rings is 1. The molecule has 0 bridgehead atoms. The second-order valence-corrected chi connectivity index (χ2v) is 4.41. The molecule has 0 fully saturated rings. The van der Waals surface area contributed by atoms with Crippen LogP contribution in [0.3, 0.4) is 0 Å². The fourth-order valence-corrected chi connectivity index (χ4v) is 2.00. The van der Waals surface area contributed by atoms with E-state index in [1.807, 2.05) is 0 Å². The molecule has 0 radical (unpaired) electrons. The Morgan fingerprint density at radius 1 is 1.20 bits per heavy atom. The van der Waals surface area contributed by atoms with Crippen LogP contribution in [0.2, 0.25) is 0 Å². The van der Waals surface area contributed by atoms with E-state index in [2.05, 4.69) is 62.4 Å². The van der Waals surface area contributed by atoms with Crippen LogP contribution in [-0.4, -0.2) is 0 Å². The first-order valence-corrected chi connectivity index (χ1v) is 5.70. The second-order valence-electron chi connectivity index (χ2n) is 4.41. The minimum absolute atomic E-state index is 0.523. The van der Waals surface area contributed by atoms with Gasteiger partial charge in [0.2, 0.25) is 0 Å². The van der Waals surface area contributed by atoms with Gasteiger partial charge in [0, 0.05) is 5.92 Å². The van der Waals surface area contributed by atoms with Gasteiger partial charge in [0.15, 0.2) is 0 Å². The van der Waals surface area contributed by atoms with E-state index >= 15 is 0 Å². The highest BCUT2D eigenvalue weighted by Gasteiger charge is 2.11.